The van der Waals surface area contributed by atoms with Gasteiger partial charge in [0, 0.05) is 75.5 Å². The number of nitrogens with zero attached hydrogens (tertiary/aromatic N) is 12. The first-order valence-electron chi connectivity index (χ1n) is 24.8. The van der Waals surface area contributed by atoms with Gasteiger partial charge in [-0.2, -0.15) is 9.36 Å². The van der Waals surface area contributed by atoms with E-state index in [1.54, 1.807) is 0 Å². The van der Waals surface area contributed by atoms with Crippen molar-refractivity contribution in [1.82, 2.24) is 60.0 Å². The first-order valence-corrected chi connectivity index (χ1v) is 25.5. The molecule has 14 heteroatoms. The molecular weight excluding hydrogens is 936 g/mol. The van der Waals surface area contributed by atoms with Crippen LogP contribution in [0.15, 0.2) is 158 Å². The fourth-order valence-corrected chi connectivity index (χ4v) is 10.3. The van der Waals surface area contributed by atoms with Crippen molar-refractivity contribution in [1.29, 1.82) is 0 Å². The third kappa shape index (κ3) is 12.3. The molecule has 2 aliphatic rings. The second kappa shape index (κ2) is 24.2. The lowest BCUT2D eigenvalue weighted by molar-refractivity contribution is 0.113. The average Bonchev–Trinajstić information content (AvgIpc) is 4.06. The van der Waals surface area contributed by atoms with Gasteiger partial charge in [0.15, 0.2) is 11.6 Å². The largest absolute Gasteiger partial charge is 0.297 e. The molecule has 0 aliphatic carbocycles. The molecule has 0 unspecified atom stereocenters. The van der Waals surface area contributed by atoms with Crippen LogP contribution in [0.4, 0.5) is 0 Å². The van der Waals surface area contributed by atoms with Crippen LogP contribution in [0.25, 0.3) is 23.5 Å². The lowest BCUT2D eigenvalue weighted by Gasteiger charge is -2.38. The van der Waals surface area contributed by atoms with Crippen LogP contribution in [0.1, 0.15) is 68.2 Å². The summed E-state index contributed by atoms with van der Waals surface area (Å²) < 4.78 is 3.82. The van der Waals surface area contributed by atoms with Crippen LogP contribution in [0.5, 0.6) is 0 Å². The second-order valence-corrected chi connectivity index (χ2v) is 19.5. The van der Waals surface area contributed by atoms with Gasteiger partial charge in [0.05, 0.1) is 23.5 Å². The molecule has 2 aliphatic heterocycles. The van der Waals surface area contributed by atoms with E-state index >= 15 is 0 Å². The van der Waals surface area contributed by atoms with Crippen LogP contribution in [-0.4, -0.2) is 125 Å². The molecule has 6 aromatic carbocycles. The van der Waals surface area contributed by atoms with Crippen molar-refractivity contribution >= 4 is 35.4 Å². The molecule has 0 N–H and O–H groups in total. The highest BCUT2D eigenvalue weighted by atomic mass is 35.5. The Morgan fingerprint density at radius 1 is 0.444 bits per heavy atom. The molecule has 0 spiro atoms. The van der Waals surface area contributed by atoms with E-state index in [9.17, 15) is 0 Å². The molecule has 2 saturated heterocycles. The van der Waals surface area contributed by atoms with Crippen molar-refractivity contribution in [2.24, 2.45) is 0 Å². The molecule has 0 radical (unpaired) electrons. The summed E-state index contributed by atoms with van der Waals surface area (Å²) in [4.78, 5) is 9.91. The third-order valence-corrected chi connectivity index (χ3v) is 14.1. The predicted octanol–water partition coefficient (Wildman–Crippen LogP) is 10.7. The van der Waals surface area contributed by atoms with Crippen molar-refractivity contribution < 1.29 is 0 Å². The van der Waals surface area contributed by atoms with Crippen LogP contribution in [0.2, 0.25) is 10.0 Å². The summed E-state index contributed by atoms with van der Waals surface area (Å²) >= 11 is 12.9. The first-order chi connectivity index (χ1) is 35.2. The van der Waals surface area contributed by atoms with Crippen molar-refractivity contribution in [3.63, 3.8) is 0 Å². The third-order valence-electron chi connectivity index (χ3n) is 13.6. The van der Waals surface area contributed by atoms with Crippen LogP contribution in [-0.2, 0) is 0 Å². The molecule has 12 nitrogen and oxygen atoms in total. The number of aryl methyl sites for hydroxylation is 4. The molecule has 0 amide bonds. The van der Waals surface area contributed by atoms with Gasteiger partial charge in [0.25, 0.3) is 0 Å². The minimum atomic E-state index is -0.0975. The number of aromatic nitrogens is 8. The van der Waals surface area contributed by atoms with Crippen LogP contribution >= 0.6 is 23.2 Å². The van der Waals surface area contributed by atoms with Gasteiger partial charge in [-0.3, -0.25) is 19.6 Å². The Bertz CT molecular complexity index is 2820. The Kier molecular flexibility index (Phi) is 16.9. The van der Waals surface area contributed by atoms with E-state index in [1.807, 2.05) is 57.9 Å². The summed E-state index contributed by atoms with van der Waals surface area (Å²) in [5.74, 6) is 1.62. The maximum absolute atomic E-state index is 6.43. The van der Waals surface area contributed by atoms with Gasteiger partial charge in [0.2, 0.25) is 0 Å². The normalized spacial score (nSPS) is 16.0. The number of tetrazole rings is 2. The van der Waals surface area contributed by atoms with Crippen LogP contribution in [0.3, 0.4) is 0 Å². The van der Waals surface area contributed by atoms with Gasteiger partial charge in [-0.1, -0.05) is 169 Å². The van der Waals surface area contributed by atoms with E-state index in [2.05, 4.69) is 200 Å². The summed E-state index contributed by atoms with van der Waals surface area (Å²) in [7, 11) is 0. The molecular formula is C58H62Cl2N12. The molecule has 368 valence electrons. The Hall–Kier alpha value is -6.64. The van der Waals surface area contributed by atoms with Gasteiger partial charge in [0.1, 0.15) is 0 Å². The standard InChI is InChI=1S/2C29H31ClN6/c2*1-22-9-6-10-23(2)27(22)36-29(31-32-33-36)28(25-14-7-15-26(30)21-25)35-19-17-34(18-20-35)16-8-13-24-11-4-3-5-12-24/h2*3-15,21,28H,16-20H2,1-2H3/b2*13-8+/t2*28-/m10/s1. The first kappa shape index (κ1) is 50.3. The summed E-state index contributed by atoms with van der Waals surface area (Å²) in [6.07, 6.45) is 8.89. The van der Waals surface area contributed by atoms with E-state index in [0.29, 0.717) is 10.0 Å². The highest BCUT2D eigenvalue weighted by Crippen LogP contribution is 2.34. The highest BCUT2D eigenvalue weighted by molar-refractivity contribution is 6.30. The van der Waals surface area contributed by atoms with Crippen LogP contribution < -0.4 is 0 Å². The molecule has 10 rings (SSSR count). The topological polar surface area (TPSA) is 100 Å². The zero-order valence-electron chi connectivity index (χ0n) is 41.5. The number of hydrogen-bond acceptors (Lipinski definition) is 10. The fourth-order valence-electron chi connectivity index (χ4n) is 9.94. The maximum atomic E-state index is 6.43. The molecule has 0 bridgehead atoms. The van der Waals surface area contributed by atoms with E-state index in [0.717, 1.165) is 122 Å². The quantitative estimate of drug-likeness (QED) is 0.105. The lowest BCUT2D eigenvalue weighted by Crippen LogP contribution is -2.48. The van der Waals surface area contributed by atoms with E-state index in [1.165, 1.54) is 11.1 Å². The molecule has 4 heterocycles. The number of rotatable bonds is 14. The summed E-state index contributed by atoms with van der Waals surface area (Å²) in [5, 5.41) is 27.6. The summed E-state index contributed by atoms with van der Waals surface area (Å²) in [5.41, 5.74) is 11.3. The van der Waals surface area contributed by atoms with Crippen molar-refractivity contribution in [3.05, 3.63) is 224 Å². The summed E-state index contributed by atoms with van der Waals surface area (Å²) in [6, 6.07) is 49.4. The summed E-state index contributed by atoms with van der Waals surface area (Å²) in [6.45, 7) is 17.8. The van der Waals surface area contributed by atoms with Gasteiger partial charge >= 0.3 is 0 Å². The minimum Gasteiger partial charge on any atom is -0.297 e. The number of hydrogen-bond donors (Lipinski definition) is 0. The predicted molar refractivity (Wildman–Crippen MR) is 291 cm³/mol. The molecule has 2 fully saturated rings. The Morgan fingerprint density at radius 3 is 1.17 bits per heavy atom. The number of para-hydroxylation sites is 2. The van der Waals surface area contributed by atoms with E-state index in [-0.39, 0.29) is 12.1 Å². The Balaban J connectivity index is 0.000000178. The number of benzene rings is 6. The molecule has 2 atom stereocenters. The van der Waals surface area contributed by atoms with Crippen molar-refractivity contribution in [2.45, 2.75) is 39.8 Å². The molecule has 0 saturated carbocycles. The average molecular weight is 998 g/mol. The molecule has 72 heavy (non-hydrogen) atoms. The highest BCUT2D eigenvalue weighted by Gasteiger charge is 2.33. The van der Waals surface area contributed by atoms with E-state index < -0.39 is 0 Å². The van der Waals surface area contributed by atoms with Gasteiger partial charge < -0.3 is 0 Å². The monoisotopic (exact) mass is 996 g/mol. The Labute approximate surface area is 433 Å². The maximum Gasteiger partial charge on any atom is 0.178 e. The zero-order chi connectivity index (χ0) is 49.8. The van der Waals surface area contributed by atoms with Gasteiger partial charge in [-0.25, -0.2) is 0 Å². The molecule has 2 aromatic heterocycles. The SMILES string of the molecule is Cc1cccc(C)c1-n1nnnc1[C@@H](c1cccc(Cl)c1)N1CCN(C/C=C/c2ccccc2)CC1.Cc1cccc(C)c1-n1nnnc1[C@H](c1cccc(Cl)c1)N1CCN(C/C=C/c2ccccc2)CC1. The van der Waals surface area contributed by atoms with Crippen LogP contribution in [0, 0.1) is 27.7 Å². The number of piperazine rings is 2. The minimum absolute atomic E-state index is 0.0975. The smallest absolute Gasteiger partial charge is 0.178 e. The van der Waals surface area contributed by atoms with Gasteiger partial charge in [-0.15, -0.1) is 10.2 Å². The second-order valence-electron chi connectivity index (χ2n) is 18.6. The number of halogens is 2. The zero-order valence-corrected chi connectivity index (χ0v) is 43.0. The van der Waals surface area contributed by atoms with Crippen molar-refractivity contribution in [3.8, 4) is 11.4 Å². The van der Waals surface area contributed by atoms with Crippen molar-refractivity contribution in [2.75, 3.05) is 65.4 Å². The molecule has 8 aromatic rings. The van der Waals surface area contributed by atoms with Gasteiger partial charge in [-0.05, 0) is 117 Å². The fraction of sp³-hybridized carbons (Fsp3) is 0.276. The lowest BCUT2D eigenvalue weighted by atomic mass is 10.0. The van der Waals surface area contributed by atoms with E-state index in [4.69, 9.17) is 23.2 Å². The Morgan fingerprint density at radius 2 is 0.806 bits per heavy atom.